The summed E-state index contributed by atoms with van der Waals surface area (Å²) < 4.78 is 27.5. The molecule has 0 saturated carbocycles. The molecule has 5 heteroatoms. The molecule has 0 unspecified atom stereocenters. The van der Waals surface area contributed by atoms with Crippen molar-refractivity contribution in [2.75, 3.05) is 0 Å². The van der Waals surface area contributed by atoms with Crippen LogP contribution in [-0.4, -0.2) is 13.4 Å². The largest absolute Gasteiger partial charge is 0.367 e. The Kier molecular flexibility index (Phi) is 3.30. The first-order valence-corrected chi connectivity index (χ1v) is 7.74. The molecule has 0 spiro atoms. The molecule has 0 atom stereocenters. The van der Waals surface area contributed by atoms with E-state index < -0.39 is 10.0 Å². The first-order chi connectivity index (χ1) is 9.67. The molecule has 0 amide bonds. The summed E-state index contributed by atoms with van der Waals surface area (Å²) in [5.41, 5.74) is 0.897. The number of benzene rings is 2. The molecule has 2 N–H and O–H groups in total. The van der Waals surface area contributed by atoms with Crippen molar-refractivity contribution < 1.29 is 8.42 Å². The van der Waals surface area contributed by atoms with Crippen LogP contribution in [0.25, 0.3) is 10.8 Å². The fourth-order valence-electron chi connectivity index (χ4n) is 2.15. The molecule has 0 aliphatic carbocycles. The molecule has 2 aromatic carbocycles. The molecule has 3 rings (SSSR count). The highest BCUT2D eigenvalue weighted by Crippen LogP contribution is 2.22. The quantitative estimate of drug-likeness (QED) is 0.774. The van der Waals surface area contributed by atoms with E-state index >= 15 is 0 Å². The van der Waals surface area contributed by atoms with Crippen LogP contribution >= 0.6 is 0 Å². The van der Waals surface area contributed by atoms with Crippen LogP contribution in [0, 0.1) is 0 Å². The van der Waals surface area contributed by atoms with Gasteiger partial charge in [-0.25, -0.2) is 13.1 Å². The van der Waals surface area contributed by atoms with Crippen LogP contribution < -0.4 is 4.72 Å². The maximum absolute atomic E-state index is 12.4. The third-order valence-electron chi connectivity index (χ3n) is 3.17. The SMILES string of the molecule is O=S(=O)(NCc1cc[nH]c1)c1cccc2ccccc12. The van der Waals surface area contributed by atoms with Crippen LogP contribution in [0.2, 0.25) is 0 Å². The summed E-state index contributed by atoms with van der Waals surface area (Å²) in [7, 11) is -3.53. The van der Waals surface area contributed by atoms with Gasteiger partial charge in [0.15, 0.2) is 0 Å². The van der Waals surface area contributed by atoms with Gasteiger partial charge >= 0.3 is 0 Å². The van der Waals surface area contributed by atoms with Gasteiger partial charge in [-0.2, -0.15) is 0 Å². The lowest BCUT2D eigenvalue weighted by Gasteiger charge is -2.09. The molecule has 1 aromatic heterocycles. The maximum Gasteiger partial charge on any atom is 0.241 e. The first-order valence-electron chi connectivity index (χ1n) is 6.26. The number of H-pyrrole nitrogens is 1. The summed E-state index contributed by atoms with van der Waals surface area (Å²) in [6.45, 7) is 0.273. The molecular formula is C15H14N2O2S. The van der Waals surface area contributed by atoms with Gasteiger partial charge in [-0.15, -0.1) is 0 Å². The van der Waals surface area contributed by atoms with Crippen molar-refractivity contribution in [2.24, 2.45) is 0 Å². The number of fused-ring (bicyclic) bond motifs is 1. The molecule has 102 valence electrons. The van der Waals surface area contributed by atoms with Crippen LogP contribution in [0.4, 0.5) is 0 Å². The Morgan fingerprint density at radius 1 is 1.00 bits per heavy atom. The van der Waals surface area contributed by atoms with Crippen molar-refractivity contribution in [3.8, 4) is 0 Å². The van der Waals surface area contributed by atoms with Crippen LogP contribution in [0.15, 0.2) is 65.8 Å². The van der Waals surface area contributed by atoms with Crippen molar-refractivity contribution in [1.82, 2.24) is 9.71 Å². The van der Waals surface area contributed by atoms with E-state index in [1.54, 1.807) is 24.5 Å². The van der Waals surface area contributed by atoms with Gasteiger partial charge in [-0.1, -0.05) is 36.4 Å². The third-order valence-corrected chi connectivity index (χ3v) is 4.63. The second kappa shape index (κ2) is 5.11. The Hall–Kier alpha value is -2.11. The molecule has 1 heterocycles. The molecule has 20 heavy (non-hydrogen) atoms. The molecule has 0 aliphatic heterocycles. The zero-order chi connectivity index (χ0) is 14.0. The number of rotatable bonds is 4. The summed E-state index contributed by atoms with van der Waals surface area (Å²) in [5, 5.41) is 1.65. The molecule has 0 fully saturated rings. The van der Waals surface area contributed by atoms with Gasteiger partial charge in [-0.05, 0) is 23.1 Å². The summed E-state index contributed by atoms with van der Waals surface area (Å²) >= 11 is 0. The van der Waals surface area contributed by atoms with Crippen molar-refractivity contribution in [3.63, 3.8) is 0 Å². The number of nitrogens with one attached hydrogen (secondary N) is 2. The smallest absolute Gasteiger partial charge is 0.241 e. The van der Waals surface area contributed by atoms with E-state index in [-0.39, 0.29) is 6.54 Å². The minimum absolute atomic E-state index is 0.273. The van der Waals surface area contributed by atoms with Crippen LogP contribution in [0.1, 0.15) is 5.56 Å². The van der Waals surface area contributed by atoms with Gasteiger partial charge in [0.2, 0.25) is 10.0 Å². The van der Waals surface area contributed by atoms with E-state index in [0.717, 1.165) is 16.3 Å². The van der Waals surface area contributed by atoms with Crippen LogP contribution in [0.3, 0.4) is 0 Å². The van der Waals surface area contributed by atoms with Gasteiger partial charge in [-0.3, -0.25) is 0 Å². The highest BCUT2D eigenvalue weighted by atomic mass is 32.2. The highest BCUT2D eigenvalue weighted by molar-refractivity contribution is 7.89. The van der Waals surface area contributed by atoms with Gasteiger partial charge in [0.25, 0.3) is 0 Å². The van der Waals surface area contributed by atoms with Crippen LogP contribution in [0.5, 0.6) is 0 Å². The number of hydrogen-bond acceptors (Lipinski definition) is 2. The molecule has 0 radical (unpaired) electrons. The van der Waals surface area contributed by atoms with E-state index in [2.05, 4.69) is 9.71 Å². The fraction of sp³-hybridized carbons (Fsp3) is 0.0667. The summed E-state index contributed by atoms with van der Waals surface area (Å²) in [6.07, 6.45) is 3.53. The third kappa shape index (κ3) is 2.45. The Morgan fingerprint density at radius 3 is 2.60 bits per heavy atom. The molecular weight excluding hydrogens is 272 g/mol. The average molecular weight is 286 g/mol. The number of aromatic nitrogens is 1. The second-order valence-corrected chi connectivity index (χ2v) is 6.26. The zero-order valence-corrected chi connectivity index (χ0v) is 11.5. The molecule has 3 aromatic rings. The predicted molar refractivity (Wildman–Crippen MR) is 78.8 cm³/mol. The molecule has 0 saturated heterocycles. The summed E-state index contributed by atoms with van der Waals surface area (Å²) in [5.74, 6) is 0. The summed E-state index contributed by atoms with van der Waals surface area (Å²) in [6, 6.07) is 14.6. The van der Waals surface area contributed by atoms with Crippen molar-refractivity contribution in [3.05, 3.63) is 66.5 Å². The van der Waals surface area contributed by atoms with Gasteiger partial charge in [0.05, 0.1) is 4.90 Å². The minimum atomic E-state index is -3.53. The van der Waals surface area contributed by atoms with E-state index in [9.17, 15) is 8.42 Å². The summed E-state index contributed by atoms with van der Waals surface area (Å²) in [4.78, 5) is 3.21. The molecule has 4 nitrogen and oxygen atoms in total. The normalized spacial score (nSPS) is 11.8. The topological polar surface area (TPSA) is 62.0 Å². The lowest BCUT2D eigenvalue weighted by Crippen LogP contribution is -2.23. The van der Waals surface area contributed by atoms with Gasteiger partial charge in [0.1, 0.15) is 0 Å². The van der Waals surface area contributed by atoms with Gasteiger partial charge < -0.3 is 4.98 Å². The average Bonchev–Trinajstić information content (AvgIpc) is 2.98. The maximum atomic E-state index is 12.4. The van der Waals surface area contributed by atoms with E-state index in [1.807, 2.05) is 36.4 Å². The standard InChI is InChI=1S/C15H14N2O2S/c18-20(19,17-11-12-8-9-16-10-12)15-7-3-5-13-4-1-2-6-14(13)15/h1-10,16-17H,11H2. The molecule has 0 aliphatic rings. The van der Waals surface area contributed by atoms with E-state index in [4.69, 9.17) is 0 Å². The predicted octanol–water partition coefficient (Wildman–Crippen LogP) is 2.65. The zero-order valence-electron chi connectivity index (χ0n) is 10.7. The lowest BCUT2D eigenvalue weighted by atomic mass is 10.1. The monoisotopic (exact) mass is 286 g/mol. The second-order valence-electron chi connectivity index (χ2n) is 4.52. The molecule has 0 bridgehead atoms. The first kappa shape index (κ1) is 12.9. The van der Waals surface area contributed by atoms with Gasteiger partial charge in [0, 0.05) is 24.3 Å². The number of hydrogen-bond donors (Lipinski definition) is 2. The fourth-order valence-corrected chi connectivity index (χ4v) is 3.40. The Balaban J connectivity index is 1.97. The Bertz CT molecular complexity index is 819. The van der Waals surface area contributed by atoms with Crippen molar-refractivity contribution in [2.45, 2.75) is 11.4 Å². The van der Waals surface area contributed by atoms with E-state index in [1.165, 1.54) is 0 Å². The minimum Gasteiger partial charge on any atom is -0.367 e. The van der Waals surface area contributed by atoms with E-state index in [0.29, 0.717) is 4.90 Å². The number of sulfonamides is 1. The Morgan fingerprint density at radius 2 is 1.80 bits per heavy atom. The van der Waals surface area contributed by atoms with Crippen LogP contribution in [-0.2, 0) is 16.6 Å². The van der Waals surface area contributed by atoms with Crippen molar-refractivity contribution >= 4 is 20.8 Å². The lowest BCUT2D eigenvalue weighted by molar-refractivity contribution is 0.582. The van der Waals surface area contributed by atoms with Crippen molar-refractivity contribution in [1.29, 1.82) is 0 Å². The number of aromatic amines is 1. The highest BCUT2D eigenvalue weighted by Gasteiger charge is 2.16. The Labute approximate surface area is 117 Å².